The van der Waals surface area contributed by atoms with Gasteiger partial charge in [0.25, 0.3) is 0 Å². The molecule has 0 aromatic heterocycles. The fourth-order valence-corrected chi connectivity index (χ4v) is 3.23. The zero-order valence-corrected chi connectivity index (χ0v) is 13.0. The number of aliphatic hydroxyl groups is 1. The highest BCUT2D eigenvalue weighted by Gasteiger charge is 2.27. The van der Waals surface area contributed by atoms with E-state index in [1.807, 2.05) is 42.5 Å². The van der Waals surface area contributed by atoms with Crippen molar-refractivity contribution in [2.24, 2.45) is 0 Å². The molecular formula is C16H23NO2S. The molecule has 1 aliphatic carbocycles. The summed E-state index contributed by atoms with van der Waals surface area (Å²) in [6.07, 6.45) is 5.80. The van der Waals surface area contributed by atoms with E-state index in [4.69, 9.17) is 0 Å². The molecular weight excluding hydrogens is 270 g/mol. The van der Waals surface area contributed by atoms with E-state index >= 15 is 0 Å². The van der Waals surface area contributed by atoms with Gasteiger partial charge >= 0.3 is 0 Å². The van der Waals surface area contributed by atoms with Gasteiger partial charge in [-0.25, -0.2) is 0 Å². The van der Waals surface area contributed by atoms with Gasteiger partial charge in [-0.2, -0.15) is 0 Å². The third kappa shape index (κ3) is 3.84. The predicted octanol–water partition coefficient (Wildman–Crippen LogP) is 2.83. The van der Waals surface area contributed by atoms with Crippen molar-refractivity contribution >= 4 is 17.5 Å². The molecule has 1 aromatic carbocycles. The predicted molar refractivity (Wildman–Crippen MR) is 83.4 cm³/mol. The van der Waals surface area contributed by atoms with Gasteiger partial charge in [-0.05, 0) is 38.3 Å². The van der Waals surface area contributed by atoms with E-state index in [0.29, 0.717) is 6.54 Å². The Morgan fingerprint density at radius 2 is 1.95 bits per heavy atom. The van der Waals surface area contributed by atoms with Crippen LogP contribution in [0.4, 0.5) is 0 Å². The second-order valence-corrected chi connectivity index (χ2v) is 6.37. The number of hydrogen-bond acceptors (Lipinski definition) is 4. The molecule has 2 atom stereocenters. The molecule has 0 radical (unpaired) electrons. The molecule has 1 saturated carbocycles. The normalized spacial score (nSPS) is 23.0. The van der Waals surface area contributed by atoms with Crippen LogP contribution in [0, 0.1) is 0 Å². The number of aliphatic hydroxyl groups excluding tert-OH is 1. The van der Waals surface area contributed by atoms with E-state index in [-0.39, 0.29) is 17.9 Å². The molecule has 1 fully saturated rings. The van der Waals surface area contributed by atoms with E-state index in [0.717, 1.165) is 36.1 Å². The van der Waals surface area contributed by atoms with Crippen LogP contribution in [0.5, 0.6) is 0 Å². The number of rotatable bonds is 5. The molecule has 0 amide bonds. The largest absolute Gasteiger partial charge is 0.391 e. The van der Waals surface area contributed by atoms with Crippen molar-refractivity contribution in [3.63, 3.8) is 0 Å². The van der Waals surface area contributed by atoms with Crippen molar-refractivity contribution < 1.29 is 9.90 Å². The minimum atomic E-state index is -0.291. The van der Waals surface area contributed by atoms with Gasteiger partial charge in [0.05, 0.1) is 12.6 Å². The van der Waals surface area contributed by atoms with E-state index < -0.39 is 0 Å². The van der Waals surface area contributed by atoms with Gasteiger partial charge in [0.2, 0.25) is 0 Å². The number of carbonyl (C=O) groups excluding carboxylic acids is 1. The Hall–Kier alpha value is -0.840. The van der Waals surface area contributed by atoms with Gasteiger partial charge < -0.3 is 5.11 Å². The summed E-state index contributed by atoms with van der Waals surface area (Å²) in [5.41, 5.74) is 0.750. The Balaban J connectivity index is 1.95. The quantitative estimate of drug-likeness (QED) is 0.669. The molecule has 1 aliphatic rings. The highest BCUT2D eigenvalue weighted by Crippen LogP contribution is 2.22. The summed E-state index contributed by atoms with van der Waals surface area (Å²) in [5.74, 6) is 0.123. The van der Waals surface area contributed by atoms with Crippen LogP contribution in [0.25, 0.3) is 0 Å². The first-order valence-corrected chi connectivity index (χ1v) is 8.40. The summed E-state index contributed by atoms with van der Waals surface area (Å²) >= 11 is 1.67. The van der Waals surface area contributed by atoms with Crippen molar-refractivity contribution in [1.29, 1.82) is 0 Å². The van der Waals surface area contributed by atoms with Crippen LogP contribution < -0.4 is 0 Å². The van der Waals surface area contributed by atoms with Crippen molar-refractivity contribution in [3.05, 3.63) is 29.8 Å². The first-order valence-electron chi connectivity index (χ1n) is 7.17. The van der Waals surface area contributed by atoms with Gasteiger partial charge in [0.15, 0.2) is 5.78 Å². The lowest BCUT2D eigenvalue weighted by Crippen LogP contribution is -2.45. The monoisotopic (exact) mass is 293 g/mol. The average molecular weight is 293 g/mol. The van der Waals surface area contributed by atoms with Crippen molar-refractivity contribution in [3.8, 4) is 0 Å². The zero-order valence-electron chi connectivity index (χ0n) is 12.2. The summed E-state index contributed by atoms with van der Waals surface area (Å²) in [5, 5.41) is 10.0. The Kier molecular flexibility index (Phi) is 5.64. The van der Waals surface area contributed by atoms with Gasteiger partial charge in [0, 0.05) is 16.5 Å². The number of nitrogens with zero attached hydrogens (tertiary/aromatic N) is 1. The molecule has 1 aromatic rings. The summed E-state index contributed by atoms with van der Waals surface area (Å²) in [7, 11) is 1.94. The Morgan fingerprint density at radius 3 is 2.55 bits per heavy atom. The molecule has 20 heavy (non-hydrogen) atoms. The van der Waals surface area contributed by atoms with E-state index in [1.165, 1.54) is 0 Å². The number of hydrogen-bond donors (Lipinski definition) is 1. The molecule has 0 bridgehead atoms. The molecule has 4 heteroatoms. The molecule has 3 nitrogen and oxygen atoms in total. The van der Waals surface area contributed by atoms with Crippen LogP contribution in [0.15, 0.2) is 29.2 Å². The van der Waals surface area contributed by atoms with Crippen molar-refractivity contribution in [2.45, 2.75) is 42.7 Å². The minimum absolute atomic E-state index is 0.123. The molecule has 2 unspecified atom stereocenters. The fourth-order valence-electron chi connectivity index (χ4n) is 2.82. The number of benzene rings is 1. The van der Waals surface area contributed by atoms with Gasteiger partial charge in [0.1, 0.15) is 0 Å². The Bertz CT molecular complexity index is 446. The number of thioether (sulfide) groups is 1. The van der Waals surface area contributed by atoms with E-state index in [2.05, 4.69) is 0 Å². The maximum atomic E-state index is 12.3. The Morgan fingerprint density at radius 1 is 1.30 bits per heavy atom. The van der Waals surface area contributed by atoms with Crippen molar-refractivity contribution in [1.82, 2.24) is 4.90 Å². The van der Waals surface area contributed by atoms with Crippen molar-refractivity contribution in [2.75, 3.05) is 19.8 Å². The maximum absolute atomic E-state index is 12.3. The van der Waals surface area contributed by atoms with Crippen LogP contribution in [0.3, 0.4) is 0 Å². The first kappa shape index (κ1) is 15.5. The smallest absolute Gasteiger partial charge is 0.176 e. The fraction of sp³-hybridized carbons (Fsp3) is 0.562. The van der Waals surface area contributed by atoms with Gasteiger partial charge in [-0.15, -0.1) is 11.8 Å². The highest BCUT2D eigenvalue weighted by atomic mass is 32.2. The molecule has 1 N–H and O–H groups in total. The standard InChI is InChI=1S/C16H23NO2S/c1-17(14-5-3-4-6-15(14)18)11-16(19)12-7-9-13(20-2)10-8-12/h7-10,14-15,18H,3-6,11H2,1-2H3. The summed E-state index contributed by atoms with van der Waals surface area (Å²) < 4.78 is 0. The lowest BCUT2D eigenvalue weighted by Gasteiger charge is -2.34. The van der Waals surface area contributed by atoms with Gasteiger partial charge in [-0.3, -0.25) is 9.69 Å². The second-order valence-electron chi connectivity index (χ2n) is 5.49. The lowest BCUT2D eigenvalue weighted by molar-refractivity contribution is 0.0322. The Labute approximate surface area is 125 Å². The number of carbonyl (C=O) groups is 1. The number of likely N-dealkylation sites (N-methyl/N-ethyl adjacent to an activating group) is 1. The molecule has 2 rings (SSSR count). The van der Waals surface area contributed by atoms with Gasteiger partial charge in [-0.1, -0.05) is 25.0 Å². The van der Waals surface area contributed by atoms with E-state index in [9.17, 15) is 9.90 Å². The third-order valence-electron chi connectivity index (χ3n) is 4.07. The van der Waals surface area contributed by atoms with Crippen LogP contribution in [0.1, 0.15) is 36.0 Å². The summed E-state index contributed by atoms with van der Waals surface area (Å²) in [4.78, 5) is 15.4. The zero-order chi connectivity index (χ0) is 14.5. The third-order valence-corrected chi connectivity index (χ3v) is 4.81. The number of Topliss-reactive ketones (excluding diaryl/α,β-unsaturated/α-hetero) is 1. The maximum Gasteiger partial charge on any atom is 0.176 e. The SMILES string of the molecule is CSc1ccc(C(=O)CN(C)C2CCCCC2O)cc1. The second kappa shape index (κ2) is 7.25. The summed E-state index contributed by atoms with van der Waals surface area (Å²) in [6, 6.07) is 7.86. The average Bonchev–Trinajstić information content (AvgIpc) is 2.47. The molecule has 0 heterocycles. The highest BCUT2D eigenvalue weighted by molar-refractivity contribution is 7.98. The van der Waals surface area contributed by atoms with Crippen LogP contribution >= 0.6 is 11.8 Å². The number of ketones is 1. The molecule has 0 aliphatic heterocycles. The van der Waals surface area contributed by atoms with E-state index in [1.54, 1.807) is 11.8 Å². The lowest BCUT2D eigenvalue weighted by atomic mass is 9.91. The van der Waals surface area contributed by atoms with Crippen LogP contribution in [-0.4, -0.2) is 47.8 Å². The first-order chi connectivity index (χ1) is 9.61. The summed E-state index contributed by atoms with van der Waals surface area (Å²) in [6.45, 7) is 0.375. The molecule has 110 valence electrons. The minimum Gasteiger partial charge on any atom is -0.391 e. The molecule has 0 spiro atoms. The van der Waals surface area contributed by atoms with Crippen LogP contribution in [0.2, 0.25) is 0 Å². The molecule has 0 saturated heterocycles. The van der Waals surface area contributed by atoms with Crippen LogP contribution in [-0.2, 0) is 0 Å². The topological polar surface area (TPSA) is 40.5 Å².